The molecule has 0 fully saturated rings. The van der Waals surface area contributed by atoms with Crippen molar-refractivity contribution in [2.75, 3.05) is 12.3 Å². The summed E-state index contributed by atoms with van der Waals surface area (Å²) < 4.78 is 8.51. The van der Waals surface area contributed by atoms with Gasteiger partial charge in [0.2, 0.25) is 0 Å². The van der Waals surface area contributed by atoms with E-state index in [-0.39, 0.29) is 11.5 Å². The zero-order valence-electron chi connectivity index (χ0n) is 18.6. The Labute approximate surface area is 181 Å². The van der Waals surface area contributed by atoms with Crippen LogP contribution >= 0.6 is 11.3 Å². The number of anilines is 1. The highest BCUT2D eigenvalue weighted by Crippen LogP contribution is 2.42. The lowest BCUT2D eigenvalue weighted by Gasteiger charge is -2.34. The minimum atomic E-state index is -0.728. The first-order valence-corrected chi connectivity index (χ1v) is 11.4. The molecule has 1 unspecified atom stereocenters. The van der Waals surface area contributed by atoms with E-state index in [4.69, 9.17) is 21.2 Å². The van der Waals surface area contributed by atoms with Crippen LogP contribution in [-0.4, -0.2) is 27.2 Å². The van der Waals surface area contributed by atoms with E-state index >= 15 is 0 Å². The molecule has 7 nitrogen and oxygen atoms in total. The molecule has 0 spiro atoms. The van der Waals surface area contributed by atoms with Gasteiger partial charge in [0.1, 0.15) is 11.3 Å². The first-order valence-electron chi connectivity index (χ1n) is 10.6. The number of primary amides is 1. The van der Waals surface area contributed by atoms with E-state index in [9.17, 15) is 4.79 Å². The number of amides is 1. The van der Waals surface area contributed by atoms with E-state index in [1.54, 1.807) is 11.3 Å². The van der Waals surface area contributed by atoms with Crippen molar-refractivity contribution in [2.24, 2.45) is 11.1 Å². The van der Waals surface area contributed by atoms with Gasteiger partial charge < -0.3 is 20.8 Å². The normalized spacial score (nSPS) is 13.2. The molecular weight excluding hydrogens is 398 g/mol. The predicted octanol–water partition coefficient (Wildman–Crippen LogP) is 5.34. The number of carbonyl (C=O) groups is 1. The van der Waals surface area contributed by atoms with Crippen molar-refractivity contribution in [1.82, 2.24) is 14.5 Å². The lowest BCUT2D eigenvalue weighted by molar-refractivity contribution is 0.145. The molecule has 0 saturated carbocycles. The summed E-state index contributed by atoms with van der Waals surface area (Å²) in [6.07, 6.45) is 3.89. The van der Waals surface area contributed by atoms with E-state index < -0.39 is 6.09 Å². The van der Waals surface area contributed by atoms with E-state index in [0.717, 1.165) is 59.2 Å². The van der Waals surface area contributed by atoms with Crippen LogP contribution in [0, 0.1) is 12.3 Å². The molecule has 3 aromatic rings. The summed E-state index contributed by atoms with van der Waals surface area (Å²) in [6, 6.07) is 2.25. The second-order valence-corrected chi connectivity index (χ2v) is 10.2. The van der Waals surface area contributed by atoms with Gasteiger partial charge in [-0.25, -0.2) is 14.8 Å². The smallest absolute Gasteiger partial charge is 0.404 e. The van der Waals surface area contributed by atoms with E-state index in [1.165, 1.54) is 4.88 Å². The molecule has 0 radical (unpaired) electrons. The molecule has 164 valence electrons. The number of pyridine rings is 1. The Morgan fingerprint density at radius 1 is 1.30 bits per heavy atom. The standard InChI is InChI=1S/C22H33N5O2S/c1-6-7-10-16-26-17-18(19-14(25-20(17)23)12-13(2)30-19)27(16)15(22(3,4)5)9-8-11-29-21(24)28/h12,15H,6-11H2,1-5H3,(H2,23,25)(H2,24,28). The van der Waals surface area contributed by atoms with Crippen LogP contribution in [0.1, 0.15) is 70.1 Å². The van der Waals surface area contributed by atoms with Crippen molar-refractivity contribution < 1.29 is 9.53 Å². The molecule has 0 saturated heterocycles. The fraction of sp³-hybridized carbons (Fsp3) is 0.591. The second-order valence-electron chi connectivity index (χ2n) is 8.96. The number of fused-ring (bicyclic) bond motifs is 3. The number of aromatic nitrogens is 3. The Morgan fingerprint density at radius 2 is 2.03 bits per heavy atom. The summed E-state index contributed by atoms with van der Waals surface area (Å²) in [5.74, 6) is 1.53. The summed E-state index contributed by atoms with van der Waals surface area (Å²) in [7, 11) is 0. The van der Waals surface area contributed by atoms with Gasteiger partial charge in [-0.3, -0.25) is 0 Å². The number of unbranched alkanes of at least 4 members (excludes halogenated alkanes) is 1. The van der Waals surface area contributed by atoms with E-state index in [1.807, 2.05) is 0 Å². The average molecular weight is 432 g/mol. The molecular formula is C22H33N5O2S. The minimum absolute atomic E-state index is 0.0298. The van der Waals surface area contributed by atoms with Gasteiger partial charge in [-0.1, -0.05) is 34.1 Å². The summed E-state index contributed by atoms with van der Waals surface area (Å²) in [5.41, 5.74) is 14.2. The Kier molecular flexibility index (Phi) is 6.55. The number of hydrogen-bond acceptors (Lipinski definition) is 6. The number of ether oxygens (including phenoxy) is 1. The third kappa shape index (κ3) is 4.53. The van der Waals surface area contributed by atoms with Crippen molar-refractivity contribution in [3.8, 4) is 0 Å². The first-order chi connectivity index (χ1) is 14.1. The van der Waals surface area contributed by atoms with Crippen molar-refractivity contribution in [1.29, 1.82) is 0 Å². The SMILES string of the molecule is CCCCc1nc2c(N)nc3cc(C)sc3c2n1C(CCCOC(N)=O)C(C)(C)C. The molecule has 1 amide bonds. The van der Waals surface area contributed by atoms with Gasteiger partial charge in [0.05, 0.1) is 22.3 Å². The highest BCUT2D eigenvalue weighted by molar-refractivity contribution is 7.19. The van der Waals surface area contributed by atoms with Crippen LogP contribution in [0.15, 0.2) is 6.07 Å². The average Bonchev–Trinajstić information content (AvgIpc) is 3.19. The maximum Gasteiger partial charge on any atom is 0.404 e. The minimum Gasteiger partial charge on any atom is -0.450 e. The topological polar surface area (TPSA) is 109 Å². The Bertz CT molecular complexity index is 1050. The van der Waals surface area contributed by atoms with Gasteiger partial charge in [-0.15, -0.1) is 11.3 Å². The third-order valence-corrected chi connectivity index (χ3v) is 6.50. The molecule has 3 heterocycles. The second kappa shape index (κ2) is 8.79. The van der Waals surface area contributed by atoms with Gasteiger partial charge >= 0.3 is 6.09 Å². The van der Waals surface area contributed by atoms with E-state index in [2.05, 4.69) is 50.2 Å². The van der Waals surface area contributed by atoms with Crippen LogP contribution in [0.5, 0.6) is 0 Å². The zero-order valence-corrected chi connectivity index (χ0v) is 19.4. The summed E-state index contributed by atoms with van der Waals surface area (Å²) in [4.78, 5) is 21.8. The first kappa shape index (κ1) is 22.3. The van der Waals surface area contributed by atoms with Crippen molar-refractivity contribution >= 4 is 44.5 Å². The number of thiophene rings is 1. The highest BCUT2D eigenvalue weighted by Gasteiger charge is 2.31. The number of aryl methyl sites for hydroxylation is 2. The Hall–Kier alpha value is -2.35. The number of nitrogen functional groups attached to an aromatic ring is 1. The predicted molar refractivity (Wildman–Crippen MR) is 124 cm³/mol. The lowest BCUT2D eigenvalue weighted by Crippen LogP contribution is -2.27. The van der Waals surface area contributed by atoms with Gasteiger partial charge in [-0.2, -0.15) is 0 Å². The van der Waals surface area contributed by atoms with Crippen molar-refractivity contribution in [2.45, 2.75) is 72.8 Å². The number of imidazole rings is 1. The molecule has 30 heavy (non-hydrogen) atoms. The fourth-order valence-electron chi connectivity index (χ4n) is 4.06. The molecule has 0 bridgehead atoms. The van der Waals surface area contributed by atoms with Crippen LogP contribution in [-0.2, 0) is 11.2 Å². The van der Waals surface area contributed by atoms with Crippen molar-refractivity contribution in [3.05, 3.63) is 16.8 Å². The Balaban J connectivity index is 2.18. The zero-order chi connectivity index (χ0) is 22.1. The maximum atomic E-state index is 11.0. The number of nitrogens with zero attached hydrogens (tertiary/aromatic N) is 3. The molecule has 1 atom stereocenters. The largest absolute Gasteiger partial charge is 0.450 e. The van der Waals surface area contributed by atoms with Gasteiger partial charge in [-0.05, 0) is 37.7 Å². The molecule has 3 aromatic heterocycles. The summed E-state index contributed by atoms with van der Waals surface area (Å²) in [5, 5.41) is 0. The summed E-state index contributed by atoms with van der Waals surface area (Å²) >= 11 is 1.74. The van der Waals surface area contributed by atoms with Crippen LogP contribution < -0.4 is 11.5 Å². The molecule has 0 aliphatic carbocycles. The molecule has 0 aliphatic heterocycles. The van der Waals surface area contributed by atoms with Gasteiger partial charge in [0.25, 0.3) is 0 Å². The molecule has 8 heteroatoms. The number of carbonyl (C=O) groups excluding carboxylic acids is 1. The fourth-order valence-corrected chi connectivity index (χ4v) is 5.05. The quantitative estimate of drug-likeness (QED) is 0.468. The summed E-state index contributed by atoms with van der Waals surface area (Å²) in [6.45, 7) is 11.3. The highest BCUT2D eigenvalue weighted by atomic mass is 32.1. The molecule has 3 rings (SSSR count). The number of hydrogen-bond donors (Lipinski definition) is 2. The Morgan fingerprint density at radius 3 is 2.67 bits per heavy atom. The molecule has 4 N–H and O–H groups in total. The maximum absolute atomic E-state index is 11.0. The van der Waals surface area contributed by atoms with Gasteiger partial charge in [0, 0.05) is 17.3 Å². The number of nitrogens with two attached hydrogens (primary N) is 2. The molecule has 0 aromatic carbocycles. The lowest BCUT2D eigenvalue weighted by atomic mass is 9.83. The number of rotatable bonds is 8. The van der Waals surface area contributed by atoms with Crippen LogP contribution in [0.2, 0.25) is 0 Å². The third-order valence-electron chi connectivity index (χ3n) is 5.45. The van der Waals surface area contributed by atoms with E-state index in [0.29, 0.717) is 12.4 Å². The molecule has 0 aliphatic rings. The van der Waals surface area contributed by atoms with Crippen LogP contribution in [0.3, 0.4) is 0 Å². The van der Waals surface area contributed by atoms with Gasteiger partial charge in [0.15, 0.2) is 5.82 Å². The van der Waals surface area contributed by atoms with Crippen LogP contribution in [0.4, 0.5) is 10.6 Å². The van der Waals surface area contributed by atoms with Crippen LogP contribution in [0.25, 0.3) is 21.3 Å². The van der Waals surface area contributed by atoms with Crippen molar-refractivity contribution in [3.63, 3.8) is 0 Å². The monoisotopic (exact) mass is 431 g/mol.